The Balaban J connectivity index is 1.66. The van der Waals surface area contributed by atoms with Gasteiger partial charge in [-0.3, -0.25) is 4.98 Å². The van der Waals surface area contributed by atoms with Crippen LogP contribution in [0.15, 0.2) is 79.1 Å². The van der Waals surface area contributed by atoms with E-state index >= 15 is 0 Å². The summed E-state index contributed by atoms with van der Waals surface area (Å²) < 4.78 is 1.74. The lowest BCUT2D eigenvalue weighted by Gasteiger charge is -2.32. The van der Waals surface area contributed by atoms with Crippen LogP contribution in [-0.2, 0) is 11.0 Å². The molecule has 0 amide bonds. The Morgan fingerprint density at radius 1 is 1.02 bits per heavy atom. The van der Waals surface area contributed by atoms with Crippen LogP contribution in [0.2, 0.25) is 5.02 Å². The summed E-state index contributed by atoms with van der Waals surface area (Å²) in [4.78, 5) is 4.51. The van der Waals surface area contributed by atoms with E-state index in [1.165, 1.54) is 6.20 Å². The maximum atomic E-state index is 10.0. The summed E-state index contributed by atoms with van der Waals surface area (Å²) in [7, 11) is 7.16. The molecule has 0 aliphatic heterocycles. The number of aromatic nitrogens is 4. The molecular weight excluding hydrogens is 555 g/mol. The molecule has 0 aliphatic rings. The first-order chi connectivity index (χ1) is 20.6. The molecule has 2 radical (unpaired) electrons. The molecule has 0 saturated carbocycles. The molecule has 212 valence electrons. The van der Waals surface area contributed by atoms with Crippen LogP contribution in [-0.4, -0.2) is 27.8 Å². The summed E-state index contributed by atoms with van der Waals surface area (Å²) in [6, 6.07) is 25.1. The first-order valence-electron chi connectivity index (χ1n) is 13.9. The van der Waals surface area contributed by atoms with Gasteiger partial charge in [-0.1, -0.05) is 66.2 Å². The van der Waals surface area contributed by atoms with Crippen LogP contribution < -0.4 is 10.6 Å². The Morgan fingerprint density at radius 3 is 2.44 bits per heavy atom. The number of rotatable bonds is 8. The van der Waals surface area contributed by atoms with Crippen molar-refractivity contribution in [3.05, 3.63) is 112 Å². The predicted molar refractivity (Wildman–Crippen MR) is 171 cm³/mol. The molecule has 0 fully saturated rings. The van der Waals surface area contributed by atoms with E-state index in [1.54, 1.807) is 35.1 Å². The number of fused-ring (bicyclic) bond motifs is 1. The molecule has 3 aromatic carbocycles. The molecule has 8 nitrogen and oxygen atoms in total. The van der Waals surface area contributed by atoms with Gasteiger partial charge >= 0.3 is 0 Å². The number of nitrogens with zero attached hydrogens (tertiary/aromatic N) is 6. The van der Waals surface area contributed by atoms with Gasteiger partial charge < -0.3 is 10.6 Å². The van der Waals surface area contributed by atoms with Crippen molar-refractivity contribution in [2.45, 2.75) is 51.1 Å². The van der Waals surface area contributed by atoms with Crippen molar-refractivity contribution in [3.63, 3.8) is 0 Å². The van der Waals surface area contributed by atoms with Gasteiger partial charge in [-0.05, 0) is 62.6 Å². The second-order valence-corrected chi connectivity index (χ2v) is 11.8. The summed E-state index contributed by atoms with van der Waals surface area (Å²) >= 11 is 6.82. The van der Waals surface area contributed by atoms with E-state index < -0.39 is 5.44 Å². The summed E-state index contributed by atoms with van der Waals surface area (Å²) in [5.41, 5.74) is 3.02. The van der Waals surface area contributed by atoms with Crippen LogP contribution in [0.25, 0.3) is 10.9 Å². The summed E-state index contributed by atoms with van der Waals surface area (Å²) in [6.45, 7) is 8.14. The fourth-order valence-corrected chi connectivity index (χ4v) is 5.24. The zero-order chi connectivity index (χ0) is 30.8. The summed E-state index contributed by atoms with van der Waals surface area (Å²) in [6.07, 6.45) is 4.12. The first-order valence-corrected chi connectivity index (χ1v) is 14.3. The zero-order valence-electron chi connectivity index (χ0n) is 24.4. The molecule has 0 bridgehead atoms. The number of nitrogens with one attached hydrogen (secondary N) is 2. The topological polar surface area (TPSA) is 115 Å². The lowest BCUT2D eigenvalue weighted by Crippen LogP contribution is -2.38. The largest absolute Gasteiger partial charge is 0.378 e. The highest BCUT2D eigenvalue weighted by Gasteiger charge is 2.33. The van der Waals surface area contributed by atoms with E-state index in [2.05, 4.69) is 57.1 Å². The number of halogens is 1. The number of anilines is 2. The maximum absolute atomic E-state index is 10.0. The molecule has 10 heteroatoms. The normalized spacial score (nSPS) is 13.5. The van der Waals surface area contributed by atoms with E-state index in [1.807, 2.05) is 51.1 Å². The maximum Gasteiger partial charge on any atom is 0.119 e. The van der Waals surface area contributed by atoms with Crippen molar-refractivity contribution in [2.24, 2.45) is 0 Å². The fraction of sp³-hybridized carbons (Fsp3) is 0.242. The standard InChI is InChI=1S/C33H30BClN8/c1-5-28(22-11-7-6-8-12-22)39-30-23(18-37)19-38-31-26(30)15-25(16-27(31)35)40-33(34,24-13-9-10-21(14-24)17-36)29-20-43(42-41-29)32(2,3)4/h6-16,19-20,28,40H,5H2,1-4H3,(H,38,39)/t28-,33?/m1/s1. The minimum atomic E-state index is -1.39. The predicted octanol–water partition coefficient (Wildman–Crippen LogP) is 7.02. The van der Waals surface area contributed by atoms with Crippen molar-refractivity contribution >= 4 is 41.7 Å². The molecule has 2 N–H and O–H groups in total. The zero-order valence-corrected chi connectivity index (χ0v) is 25.2. The molecule has 0 saturated heterocycles. The SMILES string of the molecule is [B]C(Nc1cc(Cl)c2ncc(C#N)c(N[C@H](CC)c3ccccc3)c2c1)(c1cccc(C#N)c1)c1cn(C(C)(C)C)nn1. The van der Waals surface area contributed by atoms with Crippen molar-refractivity contribution in [1.82, 2.24) is 20.0 Å². The lowest BCUT2D eigenvalue weighted by atomic mass is 9.69. The van der Waals surface area contributed by atoms with Crippen molar-refractivity contribution in [1.29, 1.82) is 10.5 Å². The number of hydrogen-bond acceptors (Lipinski definition) is 7. The Labute approximate surface area is 257 Å². The fourth-order valence-electron chi connectivity index (χ4n) is 4.97. The monoisotopic (exact) mass is 584 g/mol. The van der Waals surface area contributed by atoms with Gasteiger partial charge in [-0.2, -0.15) is 10.5 Å². The third-order valence-electron chi connectivity index (χ3n) is 7.35. The Hall–Kier alpha value is -4.86. The quantitative estimate of drug-likeness (QED) is 0.188. The highest BCUT2D eigenvalue weighted by molar-refractivity contribution is 6.36. The van der Waals surface area contributed by atoms with E-state index in [0.29, 0.717) is 49.7 Å². The summed E-state index contributed by atoms with van der Waals surface area (Å²) in [5.74, 6) is 0. The Morgan fingerprint density at radius 2 is 1.79 bits per heavy atom. The number of pyridine rings is 1. The van der Waals surface area contributed by atoms with Gasteiger partial charge in [-0.25, -0.2) is 4.68 Å². The van der Waals surface area contributed by atoms with Crippen LogP contribution in [0.1, 0.15) is 68.1 Å². The van der Waals surface area contributed by atoms with Gasteiger partial charge in [0.15, 0.2) is 0 Å². The van der Waals surface area contributed by atoms with Crippen LogP contribution in [0.3, 0.4) is 0 Å². The summed E-state index contributed by atoms with van der Waals surface area (Å²) in [5, 5.41) is 36.5. The highest BCUT2D eigenvalue weighted by Crippen LogP contribution is 2.38. The lowest BCUT2D eigenvalue weighted by molar-refractivity contribution is 0.347. The van der Waals surface area contributed by atoms with Crippen molar-refractivity contribution in [2.75, 3.05) is 10.6 Å². The van der Waals surface area contributed by atoms with Gasteiger partial charge in [0.05, 0.1) is 56.6 Å². The van der Waals surface area contributed by atoms with Crippen LogP contribution in [0.5, 0.6) is 0 Å². The van der Waals surface area contributed by atoms with Crippen LogP contribution in [0.4, 0.5) is 11.4 Å². The van der Waals surface area contributed by atoms with Gasteiger partial charge in [0.1, 0.15) is 19.6 Å². The third-order valence-corrected chi connectivity index (χ3v) is 7.64. The molecule has 0 spiro atoms. The molecule has 2 atom stereocenters. The highest BCUT2D eigenvalue weighted by atomic mass is 35.5. The first kappa shape index (κ1) is 29.6. The van der Waals surface area contributed by atoms with Gasteiger partial charge in [-0.15, -0.1) is 5.10 Å². The number of benzene rings is 3. The molecule has 1 unspecified atom stereocenters. The Kier molecular flexibility index (Phi) is 8.13. The second kappa shape index (κ2) is 11.8. The van der Waals surface area contributed by atoms with Crippen molar-refractivity contribution < 1.29 is 0 Å². The molecule has 5 aromatic rings. The average molecular weight is 585 g/mol. The molecular formula is C33H30BClN8. The van der Waals surface area contributed by atoms with E-state index in [-0.39, 0.29) is 11.6 Å². The molecule has 43 heavy (non-hydrogen) atoms. The third kappa shape index (κ3) is 5.91. The van der Waals surface area contributed by atoms with E-state index in [9.17, 15) is 10.5 Å². The minimum absolute atomic E-state index is 0.0518. The van der Waals surface area contributed by atoms with Crippen molar-refractivity contribution in [3.8, 4) is 12.1 Å². The number of nitriles is 2. The van der Waals surface area contributed by atoms with Crippen LogP contribution in [0, 0.1) is 22.7 Å². The van der Waals surface area contributed by atoms with Gasteiger partial charge in [0.2, 0.25) is 0 Å². The minimum Gasteiger partial charge on any atom is -0.378 e. The number of hydrogen-bond donors (Lipinski definition) is 2. The van der Waals surface area contributed by atoms with Gasteiger partial charge in [0.25, 0.3) is 0 Å². The molecule has 0 aliphatic carbocycles. The van der Waals surface area contributed by atoms with E-state index in [0.717, 1.165) is 12.0 Å². The Bertz CT molecular complexity index is 1870. The smallest absolute Gasteiger partial charge is 0.119 e. The van der Waals surface area contributed by atoms with Gasteiger partial charge in [0, 0.05) is 17.3 Å². The molecule has 2 heterocycles. The molecule has 5 rings (SSSR count). The van der Waals surface area contributed by atoms with E-state index in [4.69, 9.17) is 19.4 Å². The molecule has 2 aromatic heterocycles. The second-order valence-electron chi connectivity index (χ2n) is 11.4. The van der Waals surface area contributed by atoms with Crippen LogP contribution >= 0.6 is 11.6 Å². The average Bonchev–Trinajstić information content (AvgIpc) is 3.52.